The molecule has 0 spiro atoms. The minimum absolute atomic E-state index is 0.0441. The molecule has 0 bridgehead atoms. The second-order valence-corrected chi connectivity index (χ2v) is 6.95. The van der Waals surface area contributed by atoms with E-state index in [0.717, 1.165) is 21.5 Å². The molecule has 1 N–H and O–H groups in total. The van der Waals surface area contributed by atoms with Crippen LogP contribution in [0.2, 0.25) is 0 Å². The highest BCUT2D eigenvalue weighted by molar-refractivity contribution is 7.99. The van der Waals surface area contributed by atoms with Gasteiger partial charge in [0.05, 0.1) is 16.8 Å². The standard InChI is InChI=1S/C17H12N4OS2/c22-15(12-8-18-13-5-2-1-4-11(12)13)10-24-17-20-14(9-19-21-17)16-6-3-7-23-16/h1-9,18H,10H2. The number of fused-ring (bicyclic) bond motifs is 1. The molecule has 4 rings (SSSR count). The molecule has 0 aliphatic rings. The molecule has 7 heteroatoms. The largest absolute Gasteiger partial charge is 0.360 e. The average Bonchev–Trinajstić information content (AvgIpc) is 3.29. The van der Waals surface area contributed by atoms with Crippen LogP contribution in [0.1, 0.15) is 10.4 Å². The predicted octanol–water partition coefficient (Wildman–Crippen LogP) is 4.06. The van der Waals surface area contributed by atoms with E-state index in [-0.39, 0.29) is 11.5 Å². The van der Waals surface area contributed by atoms with E-state index in [0.29, 0.717) is 10.7 Å². The van der Waals surface area contributed by atoms with Crippen LogP contribution in [0.25, 0.3) is 21.5 Å². The first kappa shape index (κ1) is 15.0. The lowest BCUT2D eigenvalue weighted by molar-refractivity contribution is 0.102. The van der Waals surface area contributed by atoms with Gasteiger partial charge in [-0.3, -0.25) is 4.79 Å². The SMILES string of the molecule is O=C(CSc1nncc(-c2cccs2)n1)c1c[nH]c2ccccc12. The molecular formula is C17H12N4OS2. The molecule has 1 aromatic carbocycles. The third kappa shape index (κ3) is 2.95. The van der Waals surface area contributed by atoms with Crippen molar-refractivity contribution in [1.29, 1.82) is 0 Å². The molecule has 4 aromatic rings. The van der Waals surface area contributed by atoms with E-state index in [1.54, 1.807) is 23.7 Å². The topological polar surface area (TPSA) is 71.5 Å². The van der Waals surface area contributed by atoms with E-state index >= 15 is 0 Å². The highest BCUT2D eigenvalue weighted by Crippen LogP contribution is 2.25. The minimum atomic E-state index is 0.0441. The Bertz CT molecular complexity index is 995. The van der Waals surface area contributed by atoms with Crippen molar-refractivity contribution in [3.63, 3.8) is 0 Å². The summed E-state index contributed by atoms with van der Waals surface area (Å²) in [7, 11) is 0. The zero-order valence-electron chi connectivity index (χ0n) is 12.5. The van der Waals surface area contributed by atoms with Gasteiger partial charge in [-0.15, -0.1) is 16.4 Å². The smallest absolute Gasteiger partial charge is 0.210 e. The van der Waals surface area contributed by atoms with Crippen molar-refractivity contribution in [2.45, 2.75) is 5.16 Å². The molecule has 0 saturated heterocycles. The van der Waals surface area contributed by atoms with E-state index < -0.39 is 0 Å². The molecule has 24 heavy (non-hydrogen) atoms. The Kier molecular flexibility index (Phi) is 4.10. The lowest BCUT2D eigenvalue weighted by atomic mass is 10.1. The van der Waals surface area contributed by atoms with Crippen molar-refractivity contribution in [1.82, 2.24) is 20.2 Å². The fraction of sp³-hybridized carbons (Fsp3) is 0.0588. The quantitative estimate of drug-likeness (QED) is 0.433. The van der Waals surface area contributed by atoms with Crippen LogP contribution in [-0.2, 0) is 0 Å². The zero-order chi connectivity index (χ0) is 16.4. The summed E-state index contributed by atoms with van der Waals surface area (Å²) >= 11 is 2.90. The van der Waals surface area contributed by atoms with E-state index in [9.17, 15) is 4.79 Å². The number of aromatic amines is 1. The lowest BCUT2D eigenvalue weighted by Crippen LogP contribution is -2.03. The number of rotatable bonds is 5. The van der Waals surface area contributed by atoms with E-state index in [4.69, 9.17) is 0 Å². The molecule has 3 heterocycles. The number of aromatic nitrogens is 4. The Morgan fingerprint density at radius 2 is 2.12 bits per heavy atom. The van der Waals surface area contributed by atoms with Crippen LogP contribution in [0, 0.1) is 0 Å². The molecule has 0 atom stereocenters. The second-order valence-electron chi connectivity index (χ2n) is 5.06. The molecule has 0 aliphatic carbocycles. The van der Waals surface area contributed by atoms with Gasteiger partial charge in [-0.2, -0.15) is 5.10 Å². The number of hydrogen-bond donors (Lipinski definition) is 1. The molecule has 118 valence electrons. The zero-order valence-corrected chi connectivity index (χ0v) is 14.1. The number of thiophene rings is 1. The summed E-state index contributed by atoms with van der Waals surface area (Å²) in [6.07, 6.45) is 3.39. The van der Waals surface area contributed by atoms with Crippen molar-refractivity contribution in [2.75, 3.05) is 5.75 Å². The van der Waals surface area contributed by atoms with Crippen LogP contribution in [-0.4, -0.2) is 31.7 Å². The fourth-order valence-corrected chi connectivity index (χ4v) is 3.76. The van der Waals surface area contributed by atoms with Gasteiger partial charge in [0.15, 0.2) is 5.78 Å². The first-order chi connectivity index (χ1) is 11.8. The summed E-state index contributed by atoms with van der Waals surface area (Å²) in [6.45, 7) is 0. The van der Waals surface area contributed by atoms with E-state index in [1.165, 1.54) is 11.8 Å². The van der Waals surface area contributed by atoms with Gasteiger partial charge >= 0.3 is 0 Å². The molecule has 3 aromatic heterocycles. The summed E-state index contributed by atoms with van der Waals surface area (Å²) in [5.41, 5.74) is 2.44. The van der Waals surface area contributed by atoms with Gasteiger partial charge in [-0.1, -0.05) is 36.0 Å². The highest BCUT2D eigenvalue weighted by Gasteiger charge is 2.13. The summed E-state index contributed by atoms with van der Waals surface area (Å²) in [5, 5.41) is 11.4. The molecule has 0 aliphatic heterocycles. The van der Waals surface area contributed by atoms with Crippen LogP contribution in [0.5, 0.6) is 0 Å². The van der Waals surface area contributed by atoms with E-state index in [2.05, 4.69) is 20.2 Å². The van der Waals surface area contributed by atoms with Gasteiger partial charge < -0.3 is 4.98 Å². The Balaban J connectivity index is 1.51. The average molecular weight is 352 g/mol. The van der Waals surface area contributed by atoms with Gasteiger partial charge in [-0.25, -0.2) is 4.98 Å². The molecule has 0 amide bonds. The highest BCUT2D eigenvalue weighted by atomic mass is 32.2. The molecule has 0 unspecified atom stereocenters. The number of ketones is 1. The number of carbonyl (C=O) groups is 1. The van der Waals surface area contributed by atoms with Crippen LogP contribution in [0.3, 0.4) is 0 Å². The Morgan fingerprint density at radius 1 is 1.21 bits per heavy atom. The van der Waals surface area contributed by atoms with Gasteiger partial charge in [-0.05, 0) is 17.5 Å². The van der Waals surface area contributed by atoms with Crippen LogP contribution in [0.4, 0.5) is 0 Å². The maximum absolute atomic E-state index is 12.5. The normalized spacial score (nSPS) is 11.0. The Morgan fingerprint density at radius 3 is 3.00 bits per heavy atom. The lowest BCUT2D eigenvalue weighted by Gasteiger charge is -2.01. The Labute approximate surface area is 146 Å². The van der Waals surface area contributed by atoms with Crippen molar-refractivity contribution < 1.29 is 4.79 Å². The summed E-state index contributed by atoms with van der Waals surface area (Å²) in [4.78, 5) is 21.1. The van der Waals surface area contributed by atoms with Crippen LogP contribution in [0.15, 0.2) is 59.3 Å². The molecule has 5 nitrogen and oxygen atoms in total. The number of nitrogens with zero attached hydrogens (tertiary/aromatic N) is 3. The van der Waals surface area contributed by atoms with E-state index in [1.807, 2.05) is 41.8 Å². The summed E-state index contributed by atoms with van der Waals surface area (Å²) in [6, 6.07) is 11.7. The number of para-hydroxylation sites is 1. The molecule has 0 saturated carbocycles. The van der Waals surface area contributed by atoms with Crippen molar-refractivity contribution >= 4 is 39.8 Å². The third-order valence-corrected chi connectivity index (χ3v) is 5.27. The number of benzene rings is 1. The monoisotopic (exact) mass is 352 g/mol. The van der Waals surface area contributed by atoms with Crippen molar-refractivity contribution in [3.05, 3.63) is 59.7 Å². The summed E-state index contributed by atoms with van der Waals surface area (Å²) in [5.74, 6) is 0.319. The number of Topliss-reactive ketones (excluding diaryl/α,β-unsaturated/α-hetero) is 1. The van der Waals surface area contributed by atoms with Gasteiger partial charge in [0.25, 0.3) is 0 Å². The number of carbonyl (C=O) groups excluding carboxylic acids is 1. The van der Waals surface area contributed by atoms with Crippen LogP contribution < -0.4 is 0 Å². The number of hydrogen-bond acceptors (Lipinski definition) is 6. The van der Waals surface area contributed by atoms with Gasteiger partial charge in [0, 0.05) is 22.7 Å². The predicted molar refractivity (Wildman–Crippen MR) is 96.5 cm³/mol. The Hall–Kier alpha value is -2.51. The minimum Gasteiger partial charge on any atom is -0.360 e. The molecule has 0 fully saturated rings. The van der Waals surface area contributed by atoms with Gasteiger partial charge in [0.1, 0.15) is 5.69 Å². The first-order valence-corrected chi connectivity index (χ1v) is 9.13. The maximum Gasteiger partial charge on any atom is 0.210 e. The number of nitrogens with one attached hydrogen (secondary N) is 1. The number of thioether (sulfide) groups is 1. The first-order valence-electron chi connectivity index (χ1n) is 7.27. The molecular weight excluding hydrogens is 340 g/mol. The fourth-order valence-electron chi connectivity index (χ4n) is 2.40. The third-order valence-electron chi connectivity index (χ3n) is 3.54. The summed E-state index contributed by atoms with van der Waals surface area (Å²) < 4.78 is 0. The number of H-pyrrole nitrogens is 1. The molecule has 0 radical (unpaired) electrons. The van der Waals surface area contributed by atoms with Crippen molar-refractivity contribution in [3.8, 4) is 10.6 Å². The van der Waals surface area contributed by atoms with Crippen molar-refractivity contribution in [2.24, 2.45) is 0 Å². The second kappa shape index (κ2) is 6.54. The maximum atomic E-state index is 12.5. The van der Waals surface area contributed by atoms with Crippen LogP contribution >= 0.6 is 23.1 Å². The van der Waals surface area contributed by atoms with Gasteiger partial charge in [0.2, 0.25) is 5.16 Å².